The molecule has 0 bridgehead atoms. The minimum Gasteiger partial charge on any atom is -0.497 e. The predicted molar refractivity (Wildman–Crippen MR) is 127 cm³/mol. The minimum absolute atomic E-state index is 0.166. The standard InChI is InChI=1S/C22H22N6O2S2/c1-13-5-6-14(2)18(11-13)28-22(25-26-27-28)31-12-19(29)23-21-24-20(15(3)32-21)16-7-9-17(30-4)10-8-16/h5-11H,12H2,1-4H3,(H,23,24,29). The zero-order chi connectivity index (χ0) is 22.7. The molecule has 32 heavy (non-hydrogen) atoms. The van der Waals surface area contributed by atoms with Crippen LogP contribution in [0.15, 0.2) is 47.6 Å². The number of anilines is 1. The molecule has 1 amide bonds. The molecule has 0 atom stereocenters. The predicted octanol–water partition coefficient (Wildman–Crippen LogP) is 4.45. The molecule has 2 heterocycles. The van der Waals surface area contributed by atoms with E-state index in [9.17, 15) is 4.79 Å². The Morgan fingerprint density at radius 3 is 2.69 bits per heavy atom. The molecule has 2 aromatic carbocycles. The molecule has 0 fully saturated rings. The number of tetrazole rings is 1. The van der Waals surface area contributed by atoms with E-state index in [0.29, 0.717) is 10.3 Å². The van der Waals surface area contributed by atoms with Crippen molar-refractivity contribution in [1.29, 1.82) is 0 Å². The summed E-state index contributed by atoms with van der Waals surface area (Å²) in [6, 6.07) is 13.8. The number of aryl methyl sites for hydroxylation is 3. The summed E-state index contributed by atoms with van der Waals surface area (Å²) in [4.78, 5) is 18.2. The molecule has 1 N–H and O–H groups in total. The number of thioether (sulfide) groups is 1. The van der Waals surface area contributed by atoms with Gasteiger partial charge in [-0.2, -0.15) is 4.68 Å². The first-order chi connectivity index (χ1) is 15.4. The van der Waals surface area contributed by atoms with Gasteiger partial charge in [-0.3, -0.25) is 4.79 Å². The van der Waals surface area contributed by atoms with Crippen molar-refractivity contribution in [2.24, 2.45) is 0 Å². The molecule has 164 valence electrons. The molecule has 8 nitrogen and oxygen atoms in total. The Bertz CT molecular complexity index is 1250. The van der Waals surface area contributed by atoms with E-state index in [1.54, 1.807) is 11.8 Å². The quantitative estimate of drug-likeness (QED) is 0.402. The first kappa shape index (κ1) is 22.0. The summed E-state index contributed by atoms with van der Waals surface area (Å²) < 4.78 is 6.87. The number of hydrogen-bond donors (Lipinski definition) is 1. The van der Waals surface area contributed by atoms with Gasteiger partial charge in [-0.15, -0.1) is 16.4 Å². The smallest absolute Gasteiger partial charge is 0.236 e. The molecular formula is C22H22N6O2S2. The number of amides is 1. The number of aromatic nitrogens is 5. The van der Waals surface area contributed by atoms with Crippen LogP contribution < -0.4 is 10.1 Å². The van der Waals surface area contributed by atoms with Gasteiger partial charge >= 0.3 is 0 Å². The number of benzene rings is 2. The fourth-order valence-electron chi connectivity index (χ4n) is 3.12. The van der Waals surface area contributed by atoms with E-state index in [1.165, 1.54) is 23.1 Å². The Kier molecular flexibility index (Phi) is 6.52. The zero-order valence-corrected chi connectivity index (χ0v) is 19.8. The lowest BCUT2D eigenvalue weighted by Crippen LogP contribution is -2.14. The molecule has 0 saturated carbocycles. The molecule has 4 rings (SSSR count). The number of carbonyl (C=O) groups is 1. The van der Waals surface area contributed by atoms with Crippen LogP contribution in [0.3, 0.4) is 0 Å². The van der Waals surface area contributed by atoms with Crippen molar-refractivity contribution < 1.29 is 9.53 Å². The second kappa shape index (κ2) is 9.49. The molecule has 10 heteroatoms. The molecule has 0 radical (unpaired) electrons. The molecule has 0 unspecified atom stereocenters. The summed E-state index contributed by atoms with van der Waals surface area (Å²) in [6.07, 6.45) is 0. The van der Waals surface area contributed by atoms with Crippen molar-refractivity contribution in [2.45, 2.75) is 25.9 Å². The molecule has 2 aromatic heterocycles. The molecule has 0 aliphatic rings. The highest BCUT2D eigenvalue weighted by Gasteiger charge is 2.16. The summed E-state index contributed by atoms with van der Waals surface area (Å²) in [5, 5.41) is 16.0. The number of hydrogen-bond acceptors (Lipinski definition) is 8. The van der Waals surface area contributed by atoms with Crippen molar-refractivity contribution in [3.8, 4) is 22.7 Å². The number of nitrogens with one attached hydrogen (secondary N) is 1. The molecule has 0 saturated heterocycles. The zero-order valence-electron chi connectivity index (χ0n) is 18.1. The van der Waals surface area contributed by atoms with Gasteiger partial charge in [0.05, 0.1) is 24.2 Å². The van der Waals surface area contributed by atoms with Crippen LogP contribution in [0.1, 0.15) is 16.0 Å². The number of thiazole rings is 1. The Hall–Kier alpha value is -3.24. The summed E-state index contributed by atoms with van der Waals surface area (Å²) >= 11 is 2.73. The van der Waals surface area contributed by atoms with Crippen LogP contribution in [0.2, 0.25) is 0 Å². The van der Waals surface area contributed by atoms with Crippen LogP contribution in [-0.2, 0) is 4.79 Å². The van der Waals surface area contributed by atoms with Crippen LogP contribution in [0.4, 0.5) is 5.13 Å². The second-order valence-electron chi connectivity index (χ2n) is 7.15. The van der Waals surface area contributed by atoms with Gasteiger partial charge in [-0.25, -0.2) is 4.98 Å². The maximum absolute atomic E-state index is 12.6. The average Bonchev–Trinajstić information content (AvgIpc) is 3.40. The Balaban J connectivity index is 1.42. The SMILES string of the molecule is COc1ccc(-c2nc(NC(=O)CSc3nnnn3-c3cc(C)ccc3C)sc2C)cc1. The fourth-order valence-corrected chi connectivity index (χ4v) is 4.66. The topological polar surface area (TPSA) is 94.8 Å². The fraction of sp³-hybridized carbons (Fsp3) is 0.227. The van der Waals surface area contributed by atoms with Gasteiger partial charge in [-0.1, -0.05) is 23.9 Å². The van der Waals surface area contributed by atoms with Crippen molar-refractivity contribution in [2.75, 3.05) is 18.2 Å². The molecule has 0 spiro atoms. The largest absolute Gasteiger partial charge is 0.497 e. The first-order valence-corrected chi connectivity index (χ1v) is 11.7. The van der Waals surface area contributed by atoms with Gasteiger partial charge in [0, 0.05) is 10.4 Å². The highest BCUT2D eigenvalue weighted by Crippen LogP contribution is 2.31. The number of carbonyl (C=O) groups excluding carboxylic acids is 1. The monoisotopic (exact) mass is 466 g/mol. The van der Waals surface area contributed by atoms with Crippen molar-refractivity contribution in [3.63, 3.8) is 0 Å². The van der Waals surface area contributed by atoms with Crippen LogP contribution in [0.5, 0.6) is 5.75 Å². The summed E-state index contributed by atoms with van der Waals surface area (Å²) in [5.74, 6) is 0.790. The minimum atomic E-state index is -0.166. The number of rotatable bonds is 7. The summed E-state index contributed by atoms with van der Waals surface area (Å²) in [5.41, 5.74) is 4.89. The van der Waals surface area contributed by atoms with Gasteiger partial charge in [0.25, 0.3) is 0 Å². The lowest BCUT2D eigenvalue weighted by atomic mass is 10.1. The van der Waals surface area contributed by atoms with E-state index < -0.39 is 0 Å². The Morgan fingerprint density at radius 2 is 1.94 bits per heavy atom. The lowest BCUT2D eigenvalue weighted by Gasteiger charge is -2.08. The number of nitrogens with zero attached hydrogens (tertiary/aromatic N) is 5. The molecule has 0 aliphatic heterocycles. The highest BCUT2D eigenvalue weighted by molar-refractivity contribution is 7.99. The van der Waals surface area contributed by atoms with E-state index >= 15 is 0 Å². The summed E-state index contributed by atoms with van der Waals surface area (Å²) in [7, 11) is 1.63. The van der Waals surface area contributed by atoms with Gasteiger partial charge in [0.15, 0.2) is 5.13 Å². The maximum Gasteiger partial charge on any atom is 0.236 e. The van der Waals surface area contributed by atoms with Crippen LogP contribution in [-0.4, -0.2) is 44.0 Å². The third-order valence-electron chi connectivity index (χ3n) is 4.77. The number of methoxy groups -OCH3 is 1. The van der Waals surface area contributed by atoms with Gasteiger partial charge in [0.1, 0.15) is 5.75 Å². The number of ether oxygens (including phenoxy) is 1. The highest BCUT2D eigenvalue weighted by atomic mass is 32.2. The lowest BCUT2D eigenvalue weighted by molar-refractivity contribution is -0.113. The second-order valence-corrected chi connectivity index (χ2v) is 9.30. The molecule has 4 aromatic rings. The van der Waals surface area contributed by atoms with Crippen LogP contribution >= 0.6 is 23.1 Å². The molecular weight excluding hydrogens is 444 g/mol. The van der Waals surface area contributed by atoms with E-state index in [2.05, 4.69) is 25.8 Å². The van der Waals surface area contributed by atoms with Gasteiger partial charge < -0.3 is 10.1 Å². The van der Waals surface area contributed by atoms with Gasteiger partial charge in [-0.05, 0) is 72.7 Å². The van der Waals surface area contributed by atoms with Crippen LogP contribution in [0.25, 0.3) is 16.9 Å². The van der Waals surface area contributed by atoms with Gasteiger partial charge in [0.2, 0.25) is 11.1 Å². The van der Waals surface area contributed by atoms with E-state index in [0.717, 1.165) is 38.7 Å². The van der Waals surface area contributed by atoms with E-state index in [-0.39, 0.29) is 11.7 Å². The van der Waals surface area contributed by atoms with Crippen molar-refractivity contribution >= 4 is 34.1 Å². The first-order valence-electron chi connectivity index (χ1n) is 9.85. The van der Waals surface area contributed by atoms with Crippen LogP contribution in [0, 0.1) is 20.8 Å². The molecule has 0 aliphatic carbocycles. The average molecular weight is 467 g/mol. The van der Waals surface area contributed by atoms with Crippen molar-refractivity contribution in [1.82, 2.24) is 25.2 Å². The Morgan fingerprint density at radius 1 is 1.16 bits per heavy atom. The maximum atomic E-state index is 12.6. The van der Waals surface area contributed by atoms with Crippen molar-refractivity contribution in [3.05, 3.63) is 58.5 Å². The third-order valence-corrected chi connectivity index (χ3v) is 6.58. The van der Waals surface area contributed by atoms with E-state index in [1.807, 2.05) is 63.2 Å². The normalized spacial score (nSPS) is 10.9. The summed E-state index contributed by atoms with van der Waals surface area (Å²) in [6.45, 7) is 6.01. The third kappa shape index (κ3) is 4.81. The van der Waals surface area contributed by atoms with E-state index in [4.69, 9.17) is 4.74 Å². The Labute approximate surface area is 194 Å².